The number of amides is 3. The number of carbonyl (C=O) groups excluding carboxylic acids is 4. The first-order valence-corrected chi connectivity index (χ1v) is 8.86. The second-order valence-electron chi connectivity index (χ2n) is 6.97. The molecule has 0 bridgehead atoms. The van der Waals surface area contributed by atoms with Crippen molar-refractivity contribution in [2.24, 2.45) is 0 Å². The summed E-state index contributed by atoms with van der Waals surface area (Å²) in [5, 5.41) is 7.52. The van der Waals surface area contributed by atoms with Crippen LogP contribution in [-0.2, 0) is 19.1 Å². The first kappa shape index (κ1) is 22.9. The topological polar surface area (TPSA) is 123 Å². The zero-order chi connectivity index (χ0) is 21.3. The van der Waals surface area contributed by atoms with Gasteiger partial charge in [0.05, 0.1) is 5.56 Å². The fraction of sp³-hybridized carbons (Fsp3) is 0.474. The fourth-order valence-electron chi connectivity index (χ4n) is 2.04. The second kappa shape index (κ2) is 10.3. The van der Waals surface area contributed by atoms with Crippen molar-refractivity contribution in [2.45, 2.75) is 46.3 Å². The molecule has 28 heavy (non-hydrogen) atoms. The van der Waals surface area contributed by atoms with Crippen LogP contribution in [0.1, 0.15) is 45.0 Å². The van der Waals surface area contributed by atoms with E-state index in [9.17, 15) is 19.2 Å². The third kappa shape index (κ3) is 8.52. The number of likely N-dealkylation sites (N-methyl/N-ethyl adjacent to an activating group) is 1. The van der Waals surface area contributed by atoms with Gasteiger partial charge >= 0.3 is 12.1 Å². The van der Waals surface area contributed by atoms with Gasteiger partial charge in [-0.05, 0) is 52.8 Å². The van der Waals surface area contributed by atoms with Crippen molar-refractivity contribution in [3.8, 4) is 0 Å². The van der Waals surface area contributed by atoms with Gasteiger partial charge in [0.2, 0.25) is 5.91 Å². The highest BCUT2D eigenvalue weighted by atomic mass is 16.6. The number of hydrogen-bond acceptors (Lipinski definition) is 6. The molecule has 1 aromatic carbocycles. The predicted molar refractivity (Wildman–Crippen MR) is 103 cm³/mol. The maximum Gasteiger partial charge on any atom is 0.412 e. The number of carbonyl (C=O) groups is 4. The minimum Gasteiger partial charge on any atom is -0.452 e. The molecule has 9 heteroatoms. The average Bonchev–Trinajstić information content (AvgIpc) is 2.58. The molecule has 0 fully saturated rings. The van der Waals surface area contributed by atoms with Gasteiger partial charge in [0, 0.05) is 12.2 Å². The second-order valence-corrected chi connectivity index (χ2v) is 6.97. The van der Waals surface area contributed by atoms with Gasteiger partial charge in [0.15, 0.2) is 6.61 Å². The molecule has 1 atom stereocenters. The Hall–Kier alpha value is -3.10. The Bertz CT molecular complexity index is 727. The molecule has 0 aliphatic carbocycles. The number of ether oxygens (including phenoxy) is 2. The number of anilines is 1. The molecule has 1 aromatic rings. The van der Waals surface area contributed by atoms with E-state index in [4.69, 9.17) is 9.47 Å². The van der Waals surface area contributed by atoms with Crippen LogP contribution in [0.25, 0.3) is 0 Å². The van der Waals surface area contributed by atoms with Crippen LogP contribution in [-0.4, -0.2) is 48.7 Å². The number of hydrogen-bond donors (Lipinski definition) is 3. The summed E-state index contributed by atoms with van der Waals surface area (Å²) in [6.07, 6.45) is -0.656. The van der Waals surface area contributed by atoms with Gasteiger partial charge in [0.25, 0.3) is 5.91 Å². The molecule has 0 aromatic heterocycles. The first-order valence-electron chi connectivity index (χ1n) is 8.86. The molecule has 0 unspecified atom stereocenters. The lowest BCUT2D eigenvalue weighted by atomic mass is 10.2. The molecular formula is C19H27N3O6. The number of benzene rings is 1. The molecule has 3 amide bonds. The Kier molecular flexibility index (Phi) is 8.43. The molecule has 154 valence electrons. The Balaban J connectivity index is 2.57. The van der Waals surface area contributed by atoms with E-state index in [-0.39, 0.29) is 11.5 Å². The Morgan fingerprint density at radius 3 is 2.43 bits per heavy atom. The summed E-state index contributed by atoms with van der Waals surface area (Å²) in [6, 6.07) is 5.29. The van der Waals surface area contributed by atoms with Gasteiger partial charge in [-0.1, -0.05) is 6.07 Å². The van der Waals surface area contributed by atoms with Crippen molar-refractivity contribution in [1.29, 1.82) is 0 Å². The van der Waals surface area contributed by atoms with Crippen molar-refractivity contribution in [1.82, 2.24) is 10.6 Å². The van der Waals surface area contributed by atoms with Gasteiger partial charge < -0.3 is 20.1 Å². The molecule has 0 heterocycles. The van der Waals surface area contributed by atoms with Crippen molar-refractivity contribution < 1.29 is 28.7 Å². The predicted octanol–water partition coefficient (Wildman–Crippen LogP) is 1.83. The summed E-state index contributed by atoms with van der Waals surface area (Å²) in [5.74, 6) is -1.67. The lowest BCUT2D eigenvalue weighted by Crippen LogP contribution is -2.46. The van der Waals surface area contributed by atoms with Crippen LogP contribution in [0.2, 0.25) is 0 Å². The van der Waals surface area contributed by atoms with Crippen LogP contribution in [0, 0.1) is 0 Å². The van der Waals surface area contributed by atoms with Crippen LogP contribution in [0.5, 0.6) is 0 Å². The van der Waals surface area contributed by atoms with E-state index < -0.39 is 36.2 Å². The third-order valence-electron chi connectivity index (χ3n) is 3.20. The summed E-state index contributed by atoms with van der Waals surface area (Å²) in [6.45, 7) is 8.40. The van der Waals surface area contributed by atoms with Crippen LogP contribution >= 0.6 is 0 Å². The molecule has 0 aliphatic heterocycles. The van der Waals surface area contributed by atoms with E-state index in [1.807, 2.05) is 0 Å². The van der Waals surface area contributed by atoms with E-state index in [0.717, 1.165) is 0 Å². The Morgan fingerprint density at radius 1 is 1.14 bits per heavy atom. The number of rotatable bonds is 7. The van der Waals surface area contributed by atoms with Crippen molar-refractivity contribution in [3.05, 3.63) is 29.8 Å². The lowest BCUT2D eigenvalue weighted by molar-refractivity contribution is -0.130. The number of esters is 1. The standard InChI is InChI=1S/C19H27N3O6/c1-6-20-16(24)12(2)21-15(23)11-27-17(25)13-8-7-9-14(10-13)22-18(26)28-19(3,4)5/h7-10,12H,6,11H2,1-5H3,(H,20,24)(H,21,23)(H,22,26)/t12-/m1/s1. The highest BCUT2D eigenvalue weighted by Crippen LogP contribution is 2.14. The average molecular weight is 393 g/mol. The van der Waals surface area contributed by atoms with Crippen LogP contribution < -0.4 is 16.0 Å². The van der Waals surface area contributed by atoms with Crippen LogP contribution in [0.4, 0.5) is 10.5 Å². The monoisotopic (exact) mass is 393 g/mol. The van der Waals surface area contributed by atoms with Crippen molar-refractivity contribution in [2.75, 3.05) is 18.5 Å². The van der Waals surface area contributed by atoms with Crippen LogP contribution in [0.3, 0.4) is 0 Å². The zero-order valence-electron chi connectivity index (χ0n) is 16.8. The SMILES string of the molecule is CCNC(=O)[C@@H](C)NC(=O)COC(=O)c1cccc(NC(=O)OC(C)(C)C)c1. The summed E-state index contributed by atoms with van der Waals surface area (Å²) in [7, 11) is 0. The van der Waals surface area contributed by atoms with Gasteiger partial charge in [-0.3, -0.25) is 14.9 Å². The molecule has 0 saturated carbocycles. The van der Waals surface area contributed by atoms with E-state index >= 15 is 0 Å². The molecule has 1 rings (SSSR count). The molecule has 3 N–H and O–H groups in total. The van der Waals surface area contributed by atoms with E-state index in [1.165, 1.54) is 19.1 Å². The van der Waals surface area contributed by atoms with E-state index in [2.05, 4.69) is 16.0 Å². The normalized spacial score (nSPS) is 11.8. The summed E-state index contributed by atoms with van der Waals surface area (Å²) < 4.78 is 10.1. The Labute approximate surface area is 164 Å². The molecule has 0 saturated heterocycles. The van der Waals surface area contributed by atoms with E-state index in [0.29, 0.717) is 12.2 Å². The number of nitrogens with one attached hydrogen (secondary N) is 3. The van der Waals surface area contributed by atoms with Gasteiger partial charge in [0.1, 0.15) is 11.6 Å². The summed E-state index contributed by atoms with van der Waals surface area (Å²) in [5.41, 5.74) is -0.157. The van der Waals surface area contributed by atoms with Gasteiger partial charge in [-0.25, -0.2) is 9.59 Å². The van der Waals surface area contributed by atoms with E-state index in [1.54, 1.807) is 39.8 Å². The maximum absolute atomic E-state index is 12.1. The largest absolute Gasteiger partial charge is 0.452 e. The fourth-order valence-corrected chi connectivity index (χ4v) is 2.04. The summed E-state index contributed by atoms with van der Waals surface area (Å²) >= 11 is 0. The minimum absolute atomic E-state index is 0.151. The molecule has 0 aliphatic rings. The quantitative estimate of drug-likeness (QED) is 0.608. The van der Waals surface area contributed by atoms with Crippen molar-refractivity contribution in [3.63, 3.8) is 0 Å². The maximum atomic E-state index is 12.1. The highest BCUT2D eigenvalue weighted by Gasteiger charge is 2.18. The zero-order valence-corrected chi connectivity index (χ0v) is 16.8. The first-order chi connectivity index (χ1) is 13.0. The highest BCUT2D eigenvalue weighted by molar-refractivity contribution is 5.94. The smallest absolute Gasteiger partial charge is 0.412 e. The van der Waals surface area contributed by atoms with Gasteiger partial charge in [-0.15, -0.1) is 0 Å². The van der Waals surface area contributed by atoms with Gasteiger partial charge in [-0.2, -0.15) is 0 Å². The molecule has 9 nitrogen and oxygen atoms in total. The third-order valence-corrected chi connectivity index (χ3v) is 3.20. The van der Waals surface area contributed by atoms with Crippen molar-refractivity contribution >= 4 is 29.6 Å². The minimum atomic E-state index is -0.743. The Morgan fingerprint density at radius 2 is 1.82 bits per heavy atom. The summed E-state index contributed by atoms with van der Waals surface area (Å²) in [4.78, 5) is 47.3. The lowest BCUT2D eigenvalue weighted by Gasteiger charge is -2.19. The molecule has 0 spiro atoms. The molecule has 0 radical (unpaired) electrons. The van der Waals surface area contributed by atoms with Crippen LogP contribution in [0.15, 0.2) is 24.3 Å². The molecular weight excluding hydrogens is 366 g/mol.